The van der Waals surface area contributed by atoms with Crippen molar-refractivity contribution in [1.29, 1.82) is 0 Å². The van der Waals surface area contributed by atoms with Gasteiger partial charge < -0.3 is 15.3 Å². The van der Waals surface area contributed by atoms with Crippen molar-refractivity contribution in [2.24, 2.45) is 0 Å². The van der Waals surface area contributed by atoms with Gasteiger partial charge in [0.15, 0.2) is 0 Å². The third kappa shape index (κ3) is 4.53. The van der Waals surface area contributed by atoms with Crippen LogP contribution >= 0.6 is 27.5 Å². The number of likely N-dealkylation sites (tertiary alicyclic amines) is 1. The van der Waals surface area contributed by atoms with Crippen molar-refractivity contribution in [3.8, 4) is 5.69 Å². The molecule has 0 aliphatic carbocycles. The first-order valence-corrected chi connectivity index (χ1v) is 11.8. The molecule has 1 saturated heterocycles. The normalized spacial score (nSPS) is 16.7. The molecule has 2 aromatic carbocycles. The van der Waals surface area contributed by atoms with Crippen molar-refractivity contribution < 1.29 is 14.7 Å². The average Bonchev–Trinajstić information content (AvgIpc) is 3.26. The van der Waals surface area contributed by atoms with Gasteiger partial charge in [0, 0.05) is 22.1 Å². The molecule has 0 saturated carbocycles. The Morgan fingerprint density at radius 1 is 1.21 bits per heavy atom. The van der Waals surface area contributed by atoms with Gasteiger partial charge in [-0.15, -0.1) is 5.10 Å². The lowest BCUT2D eigenvalue weighted by Gasteiger charge is -2.46. The van der Waals surface area contributed by atoms with Gasteiger partial charge in [-0.25, -0.2) is 4.68 Å². The molecule has 0 radical (unpaired) electrons. The minimum absolute atomic E-state index is 0.00458. The molecule has 0 atom stereocenters. The van der Waals surface area contributed by atoms with Gasteiger partial charge in [-0.05, 0) is 77.2 Å². The first-order valence-electron chi connectivity index (χ1n) is 10.6. The molecule has 33 heavy (non-hydrogen) atoms. The number of fused-ring (bicyclic) bond motifs is 1. The minimum Gasteiger partial charge on any atom is -0.386 e. The van der Waals surface area contributed by atoms with Crippen LogP contribution in [-0.2, 0) is 17.6 Å². The Morgan fingerprint density at radius 2 is 2.03 bits per heavy atom. The van der Waals surface area contributed by atoms with Gasteiger partial charge in [0.1, 0.15) is 5.60 Å². The second-order valence-corrected chi connectivity index (χ2v) is 9.82. The van der Waals surface area contributed by atoms with Crippen LogP contribution in [0.1, 0.15) is 34.5 Å². The molecule has 0 bridgehead atoms. The number of rotatable bonds is 5. The van der Waals surface area contributed by atoms with E-state index in [0.29, 0.717) is 36.3 Å². The van der Waals surface area contributed by atoms with E-state index in [1.165, 1.54) is 0 Å². The fourth-order valence-corrected chi connectivity index (χ4v) is 4.61. The highest BCUT2D eigenvalue weighted by Gasteiger charge is 2.43. The summed E-state index contributed by atoms with van der Waals surface area (Å²) in [5, 5.41) is 22.6. The number of aromatic nitrogens is 3. The first-order chi connectivity index (χ1) is 15.8. The minimum atomic E-state index is -0.942. The van der Waals surface area contributed by atoms with Crippen LogP contribution < -0.4 is 5.32 Å². The summed E-state index contributed by atoms with van der Waals surface area (Å²) in [5.74, 6) is -0.118. The van der Waals surface area contributed by atoms with Gasteiger partial charge in [-0.2, -0.15) is 0 Å². The molecule has 2 amide bonds. The van der Waals surface area contributed by atoms with E-state index in [9.17, 15) is 14.7 Å². The lowest BCUT2D eigenvalue weighted by Crippen LogP contribution is -2.63. The van der Waals surface area contributed by atoms with Crippen LogP contribution in [0.15, 0.2) is 47.1 Å². The second kappa shape index (κ2) is 8.55. The molecule has 2 N–H and O–H groups in total. The fraction of sp³-hybridized carbons (Fsp3) is 0.304. The summed E-state index contributed by atoms with van der Waals surface area (Å²) in [6.45, 7) is 0.548. The Morgan fingerprint density at radius 3 is 2.82 bits per heavy atom. The van der Waals surface area contributed by atoms with Crippen molar-refractivity contribution in [2.45, 2.75) is 31.3 Å². The molecular weight excluding hydrogens is 510 g/mol. The Labute approximate surface area is 203 Å². The second-order valence-electron chi connectivity index (χ2n) is 8.56. The number of anilines is 1. The third-order valence-electron chi connectivity index (χ3n) is 6.06. The topological polar surface area (TPSA) is 100 Å². The number of hydrogen-bond acceptors (Lipinski definition) is 5. The maximum atomic E-state index is 12.8. The van der Waals surface area contributed by atoms with Crippen LogP contribution in [0.3, 0.4) is 0 Å². The number of amides is 2. The summed E-state index contributed by atoms with van der Waals surface area (Å²) in [6, 6.07) is 10.8. The highest BCUT2D eigenvalue weighted by molar-refractivity contribution is 9.10. The number of carbonyl (C=O) groups is 2. The van der Waals surface area contributed by atoms with Gasteiger partial charge in [0.05, 0.1) is 35.7 Å². The van der Waals surface area contributed by atoms with E-state index < -0.39 is 5.60 Å². The summed E-state index contributed by atoms with van der Waals surface area (Å²) in [4.78, 5) is 26.0. The number of aryl methyl sites for hydroxylation is 2. The number of carbonyl (C=O) groups excluding carboxylic acids is 2. The summed E-state index contributed by atoms with van der Waals surface area (Å²) < 4.78 is 2.45. The van der Waals surface area contributed by atoms with Crippen LogP contribution in [0.2, 0.25) is 5.02 Å². The Kier molecular flexibility index (Phi) is 5.72. The zero-order valence-electron chi connectivity index (χ0n) is 17.6. The van der Waals surface area contributed by atoms with Crippen LogP contribution in [0.25, 0.3) is 5.69 Å². The van der Waals surface area contributed by atoms with Crippen LogP contribution in [0, 0.1) is 0 Å². The fourth-order valence-electron chi connectivity index (χ4n) is 4.19. The van der Waals surface area contributed by atoms with Crippen molar-refractivity contribution in [3.05, 3.63) is 68.9 Å². The van der Waals surface area contributed by atoms with Crippen molar-refractivity contribution in [2.75, 3.05) is 18.4 Å². The summed E-state index contributed by atoms with van der Waals surface area (Å²) >= 11 is 9.52. The highest BCUT2D eigenvalue weighted by atomic mass is 79.9. The van der Waals surface area contributed by atoms with Gasteiger partial charge in [0.2, 0.25) is 5.91 Å². The molecular formula is C23H21BrClN5O3. The Hall–Kier alpha value is -2.75. The highest BCUT2D eigenvalue weighted by Crippen LogP contribution is 2.30. The summed E-state index contributed by atoms with van der Waals surface area (Å²) in [5.41, 5.74) is 2.91. The predicted octanol–water partition coefficient (Wildman–Crippen LogP) is 3.39. The van der Waals surface area contributed by atoms with Gasteiger partial charge in [-0.1, -0.05) is 16.8 Å². The lowest BCUT2D eigenvalue weighted by molar-refractivity contribution is -0.116. The molecule has 8 nitrogen and oxygen atoms in total. The van der Waals surface area contributed by atoms with E-state index in [0.717, 1.165) is 27.1 Å². The van der Waals surface area contributed by atoms with E-state index >= 15 is 0 Å². The van der Waals surface area contributed by atoms with Crippen molar-refractivity contribution in [1.82, 2.24) is 19.9 Å². The molecule has 0 spiro atoms. The van der Waals surface area contributed by atoms with Crippen molar-refractivity contribution >= 4 is 45.0 Å². The van der Waals surface area contributed by atoms with Crippen molar-refractivity contribution in [3.63, 3.8) is 0 Å². The zero-order valence-corrected chi connectivity index (χ0v) is 19.9. The van der Waals surface area contributed by atoms with Gasteiger partial charge in [0.25, 0.3) is 5.91 Å². The van der Waals surface area contributed by atoms with E-state index in [1.807, 2.05) is 24.4 Å². The maximum Gasteiger partial charge on any atom is 0.254 e. The predicted molar refractivity (Wildman–Crippen MR) is 127 cm³/mol. The molecule has 10 heteroatoms. The first kappa shape index (κ1) is 22.1. The molecule has 5 rings (SSSR count). The Balaban J connectivity index is 1.17. The Bertz CT molecular complexity index is 1250. The van der Waals surface area contributed by atoms with E-state index in [1.54, 1.807) is 27.8 Å². The number of benzene rings is 2. The maximum absolute atomic E-state index is 12.8. The third-order valence-corrected chi connectivity index (χ3v) is 7.29. The summed E-state index contributed by atoms with van der Waals surface area (Å²) in [7, 11) is 0. The monoisotopic (exact) mass is 529 g/mol. The van der Waals surface area contributed by atoms with Gasteiger partial charge >= 0.3 is 0 Å². The average molecular weight is 531 g/mol. The quantitative estimate of drug-likeness (QED) is 0.527. The van der Waals surface area contributed by atoms with Crippen LogP contribution in [0.4, 0.5) is 5.69 Å². The van der Waals surface area contributed by atoms with Crippen LogP contribution in [-0.4, -0.2) is 55.5 Å². The van der Waals surface area contributed by atoms with E-state index in [-0.39, 0.29) is 24.9 Å². The zero-order chi connectivity index (χ0) is 23.2. The number of nitrogens with one attached hydrogen (secondary N) is 1. The van der Waals surface area contributed by atoms with E-state index in [2.05, 4.69) is 31.6 Å². The number of β-amino-alcohol motifs (C(OH)–C–C–N with tert-alkyl or cyclic N) is 1. The SMILES string of the molecule is O=C1CCc2cc(C(=O)N3CC(O)(CCc4cn(-c5ccc(Br)c(Cl)c5)nn4)C3)ccc2N1. The molecule has 2 aliphatic heterocycles. The number of halogens is 2. The molecule has 3 aromatic rings. The largest absolute Gasteiger partial charge is 0.386 e. The lowest BCUT2D eigenvalue weighted by atomic mass is 9.87. The smallest absolute Gasteiger partial charge is 0.254 e. The number of aliphatic hydroxyl groups is 1. The number of hydrogen-bond donors (Lipinski definition) is 2. The van der Waals surface area contributed by atoms with E-state index in [4.69, 9.17) is 11.6 Å². The molecule has 2 aliphatic rings. The number of nitrogens with zero attached hydrogens (tertiary/aromatic N) is 4. The molecule has 0 unspecified atom stereocenters. The molecule has 170 valence electrons. The molecule has 1 fully saturated rings. The standard InChI is InChI=1S/C23H21BrClN5O3/c24-18-4-3-17(10-19(18)25)30-11-16(27-28-30)7-8-23(33)12-29(13-23)22(32)15-1-5-20-14(9-15)2-6-21(31)26-20/h1,3-5,9-11,33H,2,6-8,12-13H2,(H,26,31). The molecule has 3 heterocycles. The summed E-state index contributed by atoms with van der Waals surface area (Å²) in [6.07, 6.45) is 3.89. The van der Waals surface area contributed by atoms with Gasteiger partial charge in [-0.3, -0.25) is 9.59 Å². The van der Waals surface area contributed by atoms with Crippen LogP contribution in [0.5, 0.6) is 0 Å². The molecule has 1 aromatic heterocycles.